The number of amides is 2. The zero-order valence-corrected chi connectivity index (χ0v) is 20.4. The predicted octanol–water partition coefficient (Wildman–Crippen LogP) is 4.42. The number of carbonyl (C=O) groups excluding carboxylic acids is 2. The Hall–Kier alpha value is -3.88. The second-order valence-electron chi connectivity index (χ2n) is 8.88. The molecule has 1 aromatic heterocycles. The summed E-state index contributed by atoms with van der Waals surface area (Å²) in [5, 5.41) is 10.4. The highest BCUT2D eigenvalue weighted by molar-refractivity contribution is 5.94. The van der Waals surface area contributed by atoms with Gasteiger partial charge in [0, 0.05) is 37.3 Å². The van der Waals surface area contributed by atoms with Gasteiger partial charge >= 0.3 is 12.0 Å². The average molecular weight is 477 g/mol. The maximum atomic E-state index is 12.5. The molecule has 2 amide bonds. The minimum atomic E-state index is -0.407. The molecule has 0 unspecified atom stereocenters. The molecule has 1 aliphatic carbocycles. The number of hydrogen-bond acceptors (Lipinski definition) is 7. The molecule has 3 aromatic rings. The van der Waals surface area contributed by atoms with E-state index in [0.717, 1.165) is 42.4 Å². The average Bonchev–Trinajstić information content (AvgIpc) is 2.85. The normalized spacial score (nSPS) is 17.5. The molecule has 4 rings (SSSR count). The van der Waals surface area contributed by atoms with Crippen LogP contribution in [0.25, 0.3) is 10.9 Å². The van der Waals surface area contributed by atoms with E-state index in [1.807, 2.05) is 43.3 Å². The lowest BCUT2D eigenvalue weighted by Gasteiger charge is -2.30. The van der Waals surface area contributed by atoms with Gasteiger partial charge in [0.25, 0.3) is 0 Å². The van der Waals surface area contributed by atoms with Crippen molar-refractivity contribution in [3.63, 3.8) is 0 Å². The van der Waals surface area contributed by atoms with Crippen molar-refractivity contribution >= 4 is 40.4 Å². The maximum absolute atomic E-state index is 12.5. The number of ether oxygens (including phenoxy) is 1. The van der Waals surface area contributed by atoms with E-state index in [2.05, 4.69) is 16.0 Å². The van der Waals surface area contributed by atoms with Crippen molar-refractivity contribution in [1.82, 2.24) is 15.3 Å². The van der Waals surface area contributed by atoms with Gasteiger partial charge in [-0.15, -0.1) is 0 Å². The van der Waals surface area contributed by atoms with Crippen molar-refractivity contribution in [2.45, 2.75) is 44.7 Å². The molecule has 35 heavy (non-hydrogen) atoms. The molecular weight excluding hydrogens is 444 g/mol. The number of aromatic nitrogens is 2. The maximum Gasteiger partial charge on any atom is 0.338 e. The number of esters is 1. The molecule has 9 heteroatoms. The molecular formula is C26H32N6O3. The Bertz CT molecular complexity index is 1190. The molecule has 0 aliphatic heterocycles. The van der Waals surface area contributed by atoms with E-state index in [-0.39, 0.29) is 18.1 Å². The summed E-state index contributed by atoms with van der Waals surface area (Å²) in [6.45, 7) is 2.06. The predicted molar refractivity (Wildman–Crippen MR) is 138 cm³/mol. The van der Waals surface area contributed by atoms with Gasteiger partial charge in [-0.2, -0.15) is 4.98 Å². The van der Waals surface area contributed by atoms with E-state index < -0.39 is 5.97 Å². The second kappa shape index (κ2) is 11.0. The number of rotatable bonds is 7. The first kappa shape index (κ1) is 24.3. The highest BCUT2D eigenvalue weighted by Crippen LogP contribution is 2.26. The van der Waals surface area contributed by atoms with Gasteiger partial charge in [0.1, 0.15) is 5.82 Å². The van der Waals surface area contributed by atoms with Crippen molar-refractivity contribution < 1.29 is 14.3 Å². The van der Waals surface area contributed by atoms with Crippen molar-refractivity contribution in [2.75, 3.05) is 36.2 Å². The Morgan fingerprint density at radius 3 is 2.49 bits per heavy atom. The largest absolute Gasteiger partial charge is 0.462 e. The van der Waals surface area contributed by atoms with Gasteiger partial charge in [-0.25, -0.2) is 14.6 Å². The Kier molecular flexibility index (Phi) is 7.64. The van der Waals surface area contributed by atoms with Gasteiger partial charge in [-0.05, 0) is 62.9 Å². The first-order chi connectivity index (χ1) is 16.9. The molecule has 1 heterocycles. The molecule has 0 atom stereocenters. The fraction of sp³-hybridized carbons (Fsp3) is 0.385. The van der Waals surface area contributed by atoms with Crippen LogP contribution in [0.5, 0.6) is 0 Å². The highest BCUT2D eigenvalue weighted by Gasteiger charge is 2.23. The highest BCUT2D eigenvalue weighted by atomic mass is 16.5. The van der Waals surface area contributed by atoms with Gasteiger partial charge in [-0.3, -0.25) is 0 Å². The SMILES string of the molecule is CCOC(=O)c1cccc(NC(=O)N[C@H]2CC[C@@H](Nc3nc(N(C)C)c4ccccc4n3)CC2)c1. The summed E-state index contributed by atoms with van der Waals surface area (Å²) in [5.74, 6) is 1.11. The molecule has 3 N–H and O–H groups in total. The molecule has 1 aliphatic rings. The van der Waals surface area contributed by atoms with Gasteiger partial charge in [0.15, 0.2) is 0 Å². The molecule has 1 fully saturated rings. The smallest absolute Gasteiger partial charge is 0.338 e. The summed E-state index contributed by atoms with van der Waals surface area (Å²) in [4.78, 5) is 35.8. The monoisotopic (exact) mass is 476 g/mol. The Morgan fingerprint density at radius 2 is 1.74 bits per heavy atom. The van der Waals surface area contributed by atoms with E-state index in [1.165, 1.54) is 0 Å². The van der Waals surface area contributed by atoms with Crippen LogP contribution in [0.1, 0.15) is 43.0 Å². The summed E-state index contributed by atoms with van der Waals surface area (Å²) in [5.41, 5.74) is 1.87. The van der Waals surface area contributed by atoms with E-state index >= 15 is 0 Å². The summed E-state index contributed by atoms with van der Waals surface area (Å²) in [6.07, 6.45) is 3.50. The number of anilines is 3. The fourth-order valence-electron chi connectivity index (χ4n) is 4.32. The molecule has 9 nitrogen and oxygen atoms in total. The lowest BCUT2D eigenvalue weighted by molar-refractivity contribution is 0.0526. The van der Waals surface area contributed by atoms with Gasteiger partial charge < -0.3 is 25.6 Å². The summed E-state index contributed by atoms with van der Waals surface area (Å²) in [6, 6.07) is 14.8. The summed E-state index contributed by atoms with van der Waals surface area (Å²) < 4.78 is 5.02. The quantitative estimate of drug-likeness (QED) is 0.433. The topological polar surface area (TPSA) is 108 Å². The van der Waals surface area contributed by atoms with Crippen LogP contribution in [0.2, 0.25) is 0 Å². The van der Waals surface area contributed by atoms with Gasteiger partial charge in [0.05, 0.1) is 17.7 Å². The van der Waals surface area contributed by atoms with Crippen LogP contribution in [0.4, 0.5) is 22.2 Å². The summed E-state index contributed by atoms with van der Waals surface area (Å²) in [7, 11) is 3.96. The lowest BCUT2D eigenvalue weighted by Crippen LogP contribution is -2.42. The first-order valence-electron chi connectivity index (χ1n) is 12.0. The second-order valence-corrected chi connectivity index (χ2v) is 8.88. The van der Waals surface area contributed by atoms with Crippen LogP contribution < -0.4 is 20.9 Å². The van der Waals surface area contributed by atoms with E-state index in [9.17, 15) is 9.59 Å². The van der Waals surface area contributed by atoms with Gasteiger partial charge in [0.2, 0.25) is 5.95 Å². The number of urea groups is 1. The van der Waals surface area contributed by atoms with Crippen molar-refractivity contribution in [3.05, 3.63) is 54.1 Å². The third-order valence-corrected chi connectivity index (χ3v) is 6.03. The van der Waals surface area contributed by atoms with Crippen LogP contribution >= 0.6 is 0 Å². The van der Waals surface area contributed by atoms with Crippen LogP contribution in [-0.4, -0.2) is 54.8 Å². The Labute approximate surface area is 205 Å². The van der Waals surface area contributed by atoms with E-state index in [1.54, 1.807) is 31.2 Å². The molecule has 0 spiro atoms. The molecule has 0 radical (unpaired) electrons. The van der Waals surface area contributed by atoms with Crippen molar-refractivity contribution in [3.8, 4) is 0 Å². The number of para-hydroxylation sites is 1. The zero-order valence-electron chi connectivity index (χ0n) is 20.4. The van der Waals surface area contributed by atoms with E-state index in [0.29, 0.717) is 23.8 Å². The Morgan fingerprint density at radius 1 is 1.00 bits per heavy atom. The molecule has 2 aromatic carbocycles. The fourth-order valence-corrected chi connectivity index (χ4v) is 4.32. The summed E-state index contributed by atoms with van der Waals surface area (Å²) >= 11 is 0. The minimum Gasteiger partial charge on any atom is -0.462 e. The van der Waals surface area contributed by atoms with Gasteiger partial charge in [-0.1, -0.05) is 18.2 Å². The Balaban J connectivity index is 1.30. The van der Waals surface area contributed by atoms with Crippen LogP contribution in [0.15, 0.2) is 48.5 Å². The number of nitrogens with one attached hydrogen (secondary N) is 3. The van der Waals surface area contributed by atoms with Crippen LogP contribution in [0, 0.1) is 0 Å². The van der Waals surface area contributed by atoms with E-state index in [4.69, 9.17) is 14.7 Å². The number of fused-ring (bicyclic) bond motifs is 1. The lowest BCUT2D eigenvalue weighted by atomic mass is 9.91. The van der Waals surface area contributed by atoms with Crippen molar-refractivity contribution in [1.29, 1.82) is 0 Å². The molecule has 0 saturated heterocycles. The molecule has 184 valence electrons. The van der Waals surface area contributed by atoms with Crippen LogP contribution in [-0.2, 0) is 4.74 Å². The third-order valence-electron chi connectivity index (χ3n) is 6.03. The zero-order chi connectivity index (χ0) is 24.8. The first-order valence-corrected chi connectivity index (χ1v) is 12.0. The number of benzene rings is 2. The molecule has 0 bridgehead atoms. The third kappa shape index (κ3) is 6.17. The number of carbonyl (C=O) groups is 2. The van der Waals surface area contributed by atoms with Crippen LogP contribution in [0.3, 0.4) is 0 Å². The number of nitrogens with zero attached hydrogens (tertiary/aromatic N) is 3. The van der Waals surface area contributed by atoms with Crippen molar-refractivity contribution in [2.24, 2.45) is 0 Å². The standard InChI is InChI=1S/C26H32N6O3/c1-4-35-24(33)17-8-7-9-20(16-17)29-26(34)28-19-14-12-18(13-15-19)27-25-30-22-11-6-5-10-21(22)23(31-25)32(2)3/h5-11,16,18-19H,4,12-15H2,1-3H3,(H,27,30,31)(H2,28,29,34)/t18-,19+. The molecule has 1 saturated carbocycles. The minimum absolute atomic E-state index is 0.0798. The number of hydrogen-bond donors (Lipinski definition) is 3.